The second-order valence-electron chi connectivity index (χ2n) is 12.2. The Labute approximate surface area is 246 Å². The standard InChI is InChI=1S/C34H40N6O2/c1-22-17-25(24-12-15-35-16-13-24)6-11-30(22)31-18-26-19-37-34(39-32(26)40(33(31)41)21-23-4-5-23)38-27-7-9-28(10-8-27)42-29-3-2-14-36-20-29/h6-11,17-19,23-24,29,35-36H,2-5,12-16,20-21H2,1H3,(H,37,38,39). The lowest BCUT2D eigenvalue weighted by Gasteiger charge is -2.24. The zero-order valence-corrected chi connectivity index (χ0v) is 24.4. The summed E-state index contributed by atoms with van der Waals surface area (Å²) in [6.07, 6.45) is 8.90. The van der Waals surface area contributed by atoms with Crippen LogP contribution in [0.5, 0.6) is 5.75 Å². The molecule has 0 amide bonds. The molecule has 8 heteroatoms. The van der Waals surface area contributed by atoms with Crippen molar-refractivity contribution < 1.29 is 4.74 Å². The fraction of sp³-hybridized carbons (Fsp3) is 0.441. The van der Waals surface area contributed by atoms with Gasteiger partial charge in [-0.3, -0.25) is 9.36 Å². The van der Waals surface area contributed by atoms with Gasteiger partial charge in [-0.05, 0) is 124 Å². The Kier molecular flexibility index (Phi) is 7.65. The van der Waals surface area contributed by atoms with E-state index < -0.39 is 0 Å². The van der Waals surface area contributed by atoms with Gasteiger partial charge in [0.05, 0.1) is 0 Å². The molecule has 0 radical (unpaired) electrons. The van der Waals surface area contributed by atoms with Crippen LogP contribution in [0.15, 0.2) is 59.5 Å². The van der Waals surface area contributed by atoms with Gasteiger partial charge in [-0.1, -0.05) is 18.2 Å². The number of hydrogen-bond acceptors (Lipinski definition) is 7. The predicted molar refractivity (Wildman–Crippen MR) is 168 cm³/mol. The van der Waals surface area contributed by atoms with Crippen molar-refractivity contribution in [3.63, 3.8) is 0 Å². The van der Waals surface area contributed by atoms with Gasteiger partial charge >= 0.3 is 0 Å². The Morgan fingerprint density at radius 3 is 2.52 bits per heavy atom. The number of rotatable bonds is 8. The van der Waals surface area contributed by atoms with Gasteiger partial charge in [-0.2, -0.15) is 4.98 Å². The van der Waals surface area contributed by atoms with E-state index in [1.165, 1.54) is 5.56 Å². The van der Waals surface area contributed by atoms with Gasteiger partial charge in [0.2, 0.25) is 5.95 Å². The quantitative estimate of drug-likeness (QED) is 0.260. The first kappa shape index (κ1) is 27.1. The Morgan fingerprint density at radius 1 is 0.952 bits per heavy atom. The summed E-state index contributed by atoms with van der Waals surface area (Å²) >= 11 is 0. The minimum atomic E-state index is 0.0236. The van der Waals surface area contributed by atoms with Crippen molar-refractivity contribution in [2.45, 2.75) is 64.0 Å². The van der Waals surface area contributed by atoms with Gasteiger partial charge in [0, 0.05) is 35.9 Å². The van der Waals surface area contributed by atoms with Crippen molar-refractivity contribution in [2.24, 2.45) is 5.92 Å². The van der Waals surface area contributed by atoms with Crippen molar-refractivity contribution in [1.82, 2.24) is 25.2 Å². The van der Waals surface area contributed by atoms with E-state index in [-0.39, 0.29) is 11.7 Å². The fourth-order valence-corrected chi connectivity index (χ4v) is 6.40. The second-order valence-corrected chi connectivity index (χ2v) is 12.2. The molecule has 7 rings (SSSR count). The van der Waals surface area contributed by atoms with E-state index in [1.54, 1.807) is 0 Å². The number of nitrogens with zero attached hydrogens (tertiary/aromatic N) is 3. The number of nitrogens with one attached hydrogen (secondary N) is 3. The average molecular weight is 565 g/mol. The lowest BCUT2D eigenvalue weighted by atomic mass is 9.87. The molecule has 0 bridgehead atoms. The van der Waals surface area contributed by atoms with Crippen LogP contribution < -0.4 is 26.2 Å². The van der Waals surface area contributed by atoms with Crippen LogP contribution in [0, 0.1) is 12.8 Å². The maximum absolute atomic E-state index is 14.0. The van der Waals surface area contributed by atoms with Crippen LogP contribution in [0.3, 0.4) is 0 Å². The van der Waals surface area contributed by atoms with E-state index in [2.05, 4.69) is 46.1 Å². The Balaban J connectivity index is 1.16. The van der Waals surface area contributed by atoms with E-state index in [9.17, 15) is 4.79 Å². The molecule has 2 aromatic carbocycles. The maximum Gasteiger partial charge on any atom is 0.260 e. The zero-order chi connectivity index (χ0) is 28.5. The molecule has 2 saturated heterocycles. The van der Waals surface area contributed by atoms with Crippen LogP contribution >= 0.6 is 0 Å². The molecule has 8 nitrogen and oxygen atoms in total. The van der Waals surface area contributed by atoms with E-state index in [4.69, 9.17) is 9.72 Å². The van der Waals surface area contributed by atoms with Crippen LogP contribution in [0.25, 0.3) is 22.2 Å². The molecule has 1 aliphatic carbocycles. The summed E-state index contributed by atoms with van der Waals surface area (Å²) in [6, 6.07) is 16.5. The highest BCUT2D eigenvalue weighted by molar-refractivity contribution is 5.82. The summed E-state index contributed by atoms with van der Waals surface area (Å²) in [5.41, 5.74) is 5.83. The smallest absolute Gasteiger partial charge is 0.260 e. The van der Waals surface area contributed by atoms with Crippen molar-refractivity contribution in [3.8, 4) is 16.9 Å². The van der Waals surface area contributed by atoms with Crippen molar-refractivity contribution in [2.75, 3.05) is 31.5 Å². The van der Waals surface area contributed by atoms with Crippen LogP contribution in [-0.2, 0) is 6.54 Å². The molecule has 0 spiro atoms. The number of aromatic nitrogens is 3. The van der Waals surface area contributed by atoms with Crippen molar-refractivity contribution in [1.29, 1.82) is 0 Å². The Hall–Kier alpha value is -3.75. The molecule has 218 valence electrons. The molecular formula is C34H40N6O2. The molecule has 2 aliphatic heterocycles. The van der Waals surface area contributed by atoms with Gasteiger partial charge in [-0.15, -0.1) is 0 Å². The molecule has 3 N–H and O–H groups in total. The summed E-state index contributed by atoms with van der Waals surface area (Å²) < 4.78 is 8.00. The van der Waals surface area contributed by atoms with Crippen LogP contribution in [0.4, 0.5) is 11.6 Å². The minimum Gasteiger partial charge on any atom is -0.489 e. The van der Waals surface area contributed by atoms with E-state index in [1.807, 2.05) is 41.1 Å². The number of fused-ring (bicyclic) bond motifs is 1. The average Bonchev–Trinajstić information content (AvgIpc) is 3.85. The van der Waals surface area contributed by atoms with Gasteiger partial charge in [0.1, 0.15) is 17.5 Å². The topological polar surface area (TPSA) is 93.1 Å². The summed E-state index contributed by atoms with van der Waals surface area (Å²) in [7, 11) is 0. The van der Waals surface area contributed by atoms with Crippen LogP contribution in [0.1, 0.15) is 55.6 Å². The summed E-state index contributed by atoms with van der Waals surface area (Å²) in [5, 5.41) is 11.0. The van der Waals surface area contributed by atoms with Gasteiger partial charge < -0.3 is 20.7 Å². The highest BCUT2D eigenvalue weighted by Gasteiger charge is 2.25. The van der Waals surface area contributed by atoms with Gasteiger partial charge in [0.15, 0.2) is 0 Å². The molecule has 1 saturated carbocycles. The largest absolute Gasteiger partial charge is 0.489 e. The number of piperidine rings is 2. The second kappa shape index (κ2) is 11.9. The molecule has 42 heavy (non-hydrogen) atoms. The number of ether oxygens (including phenoxy) is 1. The van der Waals surface area contributed by atoms with E-state index in [0.717, 1.165) is 98.2 Å². The molecular weight excluding hydrogens is 524 g/mol. The molecule has 4 heterocycles. The van der Waals surface area contributed by atoms with Gasteiger partial charge in [-0.25, -0.2) is 4.98 Å². The third kappa shape index (κ3) is 5.92. The van der Waals surface area contributed by atoms with E-state index in [0.29, 0.717) is 30.0 Å². The number of anilines is 2. The highest BCUT2D eigenvalue weighted by atomic mass is 16.5. The first-order chi connectivity index (χ1) is 20.6. The number of aryl methyl sites for hydroxylation is 1. The Bertz CT molecular complexity index is 1620. The lowest BCUT2D eigenvalue weighted by Crippen LogP contribution is -2.37. The normalized spacial score (nSPS) is 19.6. The molecule has 2 aromatic heterocycles. The van der Waals surface area contributed by atoms with Crippen molar-refractivity contribution in [3.05, 3.63) is 76.2 Å². The van der Waals surface area contributed by atoms with Crippen LogP contribution in [-0.4, -0.2) is 46.8 Å². The minimum absolute atomic E-state index is 0.0236. The zero-order valence-electron chi connectivity index (χ0n) is 24.4. The van der Waals surface area contributed by atoms with E-state index >= 15 is 0 Å². The van der Waals surface area contributed by atoms with Crippen molar-refractivity contribution >= 4 is 22.7 Å². The van der Waals surface area contributed by atoms with Gasteiger partial charge in [0.25, 0.3) is 5.56 Å². The molecule has 1 unspecified atom stereocenters. The monoisotopic (exact) mass is 564 g/mol. The first-order valence-electron chi connectivity index (χ1n) is 15.6. The molecule has 3 aliphatic rings. The number of hydrogen-bond donors (Lipinski definition) is 3. The number of pyridine rings is 1. The summed E-state index contributed by atoms with van der Waals surface area (Å²) in [4.78, 5) is 23.5. The fourth-order valence-electron chi connectivity index (χ4n) is 6.40. The Morgan fingerprint density at radius 2 is 1.79 bits per heavy atom. The van der Waals surface area contributed by atoms with Crippen LogP contribution in [0.2, 0.25) is 0 Å². The predicted octanol–water partition coefficient (Wildman–Crippen LogP) is 5.52. The molecule has 4 aromatic rings. The summed E-state index contributed by atoms with van der Waals surface area (Å²) in [6.45, 7) is 6.90. The molecule has 3 fully saturated rings. The molecule has 1 atom stereocenters. The first-order valence-corrected chi connectivity index (χ1v) is 15.6. The third-order valence-corrected chi connectivity index (χ3v) is 8.98. The third-order valence-electron chi connectivity index (χ3n) is 8.98. The lowest BCUT2D eigenvalue weighted by molar-refractivity contribution is 0.167. The maximum atomic E-state index is 14.0. The number of benzene rings is 2. The SMILES string of the molecule is Cc1cc(C2CCNCC2)ccc1-c1cc2cnc(Nc3ccc(OC4CCCNC4)cc3)nc2n(CC2CC2)c1=O. The highest BCUT2D eigenvalue weighted by Crippen LogP contribution is 2.33. The summed E-state index contributed by atoms with van der Waals surface area (Å²) in [5.74, 6) is 2.45.